The molecule has 3 aliphatic rings. The van der Waals surface area contributed by atoms with E-state index in [0.29, 0.717) is 19.2 Å². The van der Waals surface area contributed by atoms with Crippen molar-refractivity contribution in [3.63, 3.8) is 0 Å². The number of carbonyl (C=O) groups excluding carboxylic acids is 2. The molecule has 3 aliphatic heterocycles. The van der Waals surface area contributed by atoms with Crippen LogP contribution in [0, 0.1) is 0 Å². The van der Waals surface area contributed by atoms with Gasteiger partial charge in [-0.3, -0.25) is 14.5 Å². The van der Waals surface area contributed by atoms with Crippen molar-refractivity contribution in [2.24, 2.45) is 0 Å². The minimum absolute atomic E-state index is 0.0375. The van der Waals surface area contributed by atoms with Gasteiger partial charge in [0.1, 0.15) is 12.6 Å². The van der Waals surface area contributed by atoms with E-state index in [-0.39, 0.29) is 18.4 Å². The Morgan fingerprint density at radius 1 is 1.16 bits per heavy atom. The number of rotatable bonds is 3. The number of morpholine rings is 1. The van der Waals surface area contributed by atoms with E-state index in [1.54, 1.807) is 4.90 Å². The van der Waals surface area contributed by atoms with Crippen LogP contribution in [0.3, 0.4) is 0 Å². The number of hydrogen-bond acceptors (Lipinski definition) is 4. The fourth-order valence-electron chi connectivity index (χ4n) is 4.19. The predicted octanol–water partition coefficient (Wildman–Crippen LogP) is 0.721. The number of fused-ring (bicyclic) bond motifs is 1. The molecule has 0 N–H and O–H groups in total. The fraction of sp³-hybridized carbons (Fsp3) is 0.579. The lowest BCUT2D eigenvalue weighted by Crippen LogP contribution is -2.60. The molecular formula is C19H25N3O3. The smallest absolute Gasteiger partial charge is 0.249 e. The number of benzene rings is 1. The van der Waals surface area contributed by atoms with Gasteiger partial charge in [0.05, 0.1) is 6.61 Å². The highest BCUT2D eigenvalue weighted by Gasteiger charge is 2.39. The molecule has 2 atom stereocenters. The monoisotopic (exact) mass is 343 g/mol. The van der Waals surface area contributed by atoms with E-state index in [1.807, 2.05) is 35.2 Å². The second kappa shape index (κ2) is 7.14. The van der Waals surface area contributed by atoms with Crippen molar-refractivity contribution < 1.29 is 14.3 Å². The van der Waals surface area contributed by atoms with Gasteiger partial charge >= 0.3 is 0 Å². The standard InChI is InChI=1S/C19H25N3O3/c23-18-14-25-13-17(22(18)11-15-5-2-1-3-6-15)19(24)21-10-9-20-8-4-7-16(20)12-21/h1-3,5-6,16-17H,4,7-14H2/t16-,17+/m0/s1. The number of carbonyl (C=O) groups is 2. The first-order valence-electron chi connectivity index (χ1n) is 9.16. The summed E-state index contributed by atoms with van der Waals surface area (Å²) >= 11 is 0. The molecule has 25 heavy (non-hydrogen) atoms. The van der Waals surface area contributed by atoms with Gasteiger partial charge in [0, 0.05) is 32.2 Å². The van der Waals surface area contributed by atoms with Crippen LogP contribution in [0.15, 0.2) is 30.3 Å². The van der Waals surface area contributed by atoms with Gasteiger partial charge in [-0.15, -0.1) is 0 Å². The molecular weight excluding hydrogens is 318 g/mol. The van der Waals surface area contributed by atoms with Crippen molar-refractivity contribution in [2.45, 2.75) is 31.5 Å². The van der Waals surface area contributed by atoms with Gasteiger partial charge in [-0.25, -0.2) is 0 Å². The average Bonchev–Trinajstić information content (AvgIpc) is 3.11. The number of nitrogens with zero attached hydrogens (tertiary/aromatic N) is 3. The number of hydrogen-bond donors (Lipinski definition) is 0. The summed E-state index contributed by atoms with van der Waals surface area (Å²) in [6.45, 7) is 4.44. The first-order valence-corrected chi connectivity index (χ1v) is 9.16. The van der Waals surface area contributed by atoms with Crippen LogP contribution < -0.4 is 0 Å². The van der Waals surface area contributed by atoms with Gasteiger partial charge in [0.25, 0.3) is 0 Å². The average molecular weight is 343 g/mol. The summed E-state index contributed by atoms with van der Waals surface area (Å²) in [5.74, 6) is -0.0662. The third kappa shape index (κ3) is 3.41. The summed E-state index contributed by atoms with van der Waals surface area (Å²) in [7, 11) is 0. The number of amides is 2. The Balaban J connectivity index is 1.48. The summed E-state index contributed by atoms with van der Waals surface area (Å²) in [4.78, 5) is 31.6. The van der Waals surface area contributed by atoms with E-state index in [9.17, 15) is 9.59 Å². The van der Waals surface area contributed by atoms with Crippen molar-refractivity contribution in [3.8, 4) is 0 Å². The predicted molar refractivity (Wildman–Crippen MR) is 92.8 cm³/mol. The van der Waals surface area contributed by atoms with Crippen molar-refractivity contribution in [1.82, 2.24) is 14.7 Å². The second-order valence-electron chi connectivity index (χ2n) is 7.15. The van der Waals surface area contributed by atoms with Gasteiger partial charge in [-0.05, 0) is 24.9 Å². The van der Waals surface area contributed by atoms with Gasteiger partial charge in [-0.2, -0.15) is 0 Å². The maximum absolute atomic E-state index is 13.1. The summed E-state index contributed by atoms with van der Waals surface area (Å²) in [5, 5.41) is 0. The fourth-order valence-corrected chi connectivity index (χ4v) is 4.19. The minimum Gasteiger partial charge on any atom is -0.369 e. The molecule has 2 amide bonds. The SMILES string of the molecule is O=C([C@H]1COCC(=O)N1Cc1ccccc1)N1CCN2CCC[C@H]2C1. The summed E-state index contributed by atoms with van der Waals surface area (Å²) in [6, 6.07) is 9.82. The Morgan fingerprint density at radius 3 is 2.84 bits per heavy atom. The van der Waals surface area contributed by atoms with Crippen LogP contribution in [0.4, 0.5) is 0 Å². The molecule has 6 heteroatoms. The zero-order chi connectivity index (χ0) is 17.2. The van der Waals surface area contributed by atoms with E-state index in [1.165, 1.54) is 6.42 Å². The zero-order valence-electron chi connectivity index (χ0n) is 14.5. The van der Waals surface area contributed by atoms with Gasteiger partial charge in [-0.1, -0.05) is 30.3 Å². The summed E-state index contributed by atoms with van der Waals surface area (Å²) in [6.07, 6.45) is 2.38. The molecule has 1 aromatic carbocycles. The van der Waals surface area contributed by atoms with Gasteiger partial charge < -0.3 is 14.5 Å². The first-order chi connectivity index (χ1) is 12.2. The molecule has 6 nitrogen and oxygen atoms in total. The zero-order valence-corrected chi connectivity index (χ0v) is 14.5. The van der Waals surface area contributed by atoms with Crippen LogP contribution in [-0.4, -0.2) is 78.0 Å². The minimum atomic E-state index is -0.505. The maximum atomic E-state index is 13.1. The summed E-state index contributed by atoms with van der Waals surface area (Å²) < 4.78 is 5.41. The molecule has 4 rings (SSSR count). The Labute approximate surface area is 148 Å². The molecule has 0 saturated carbocycles. The highest BCUT2D eigenvalue weighted by Crippen LogP contribution is 2.23. The second-order valence-corrected chi connectivity index (χ2v) is 7.15. The largest absolute Gasteiger partial charge is 0.369 e. The Bertz CT molecular complexity index is 636. The molecule has 3 saturated heterocycles. The van der Waals surface area contributed by atoms with Crippen molar-refractivity contribution in [2.75, 3.05) is 39.4 Å². The van der Waals surface area contributed by atoms with Crippen molar-refractivity contribution in [1.29, 1.82) is 0 Å². The lowest BCUT2D eigenvalue weighted by Gasteiger charge is -2.42. The molecule has 0 aromatic heterocycles. The molecule has 134 valence electrons. The molecule has 0 aliphatic carbocycles. The Morgan fingerprint density at radius 2 is 2.00 bits per heavy atom. The van der Waals surface area contributed by atoms with E-state index in [0.717, 1.165) is 38.2 Å². The lowest BCUT2D eigenvalue weighted by atomic mass is 10.1. The van der Waals surface area contributed by atoms with E-state index < -0.39 is 6.04 Å². The van der Waals surface area contributed by atoms with Crippen LogP contribution in [0.25, 0.3) is 0 Å². The van der Waals surface area contributed by atoms with Crippen LogP contribution in [-0.2, 0) is 20.9 Å². The van der Waals surface area contributed by atoms with Crippen LogP contribution in [0.1, 0.15) is 18.4 Å². The highest BCUT2D eigenvalue weighted by molar-refractivity contribution is 5.89. The molecule has 0 spiro atoms. The van der Waals surface area contributed by atoms with E-state index >= 15 is 0 Å². The molecule has 3 fully saturated rings. The molecule has 3 heterocycles. The molecule has 0 unspecified atom stereocenters. The Hall–Kier alpha value is -1.92. The van der Waals surface area contributed by atoms with Crippen LogP contribution >= 0.6 is 0 Å². The molecule has 0 bridgehead atoms. The van der Waals surface area contributed by atoms with E-state index in [2.05, 4.69) is 4.90 Å². The first kappa shape index (κ1) is 16.5. The topological polar surface area (TPSA) is 53.1 Å². The van der Waals surface area contributed by atoms with Crippen molar-refractivity contribution >= 4 is 11.8 Å². The number of piperazine rings is 1. The van der Waals surface area contributed by atoms with Gasteiger partial charge in [0.2, 0.25) is 11.8 Å². The molecule has 1 aromatic rings. The third-order valence-electron chi connectivity index (χ3n) is 5.58. The van der Waals surface area contributed by atoms with Gasteiger partial charge in [0.15, 0.2) is 0 Å². The van der Waals surface area contributed by atoms with E-state index in [4.69, 9.17) is 4.74 Å². The van der Waals surface area contributed by atoms with Crippen LogP contribution in [0.2, 0.25) is 0 Å². The van der Waals surface area contributed by atoms with Crippen LogP contribution in [0.5, 0.6) is 0 Å². The third-order valence-corrected chi connectivity index (χ3v) is 5.58. The normalized spacial score (nSPS) is 27.4. The van der Waals surface area contributed by atoms with Crippen molar-refractivity contribution in [3.05, 3.63) is 35.9 Å². The quantitative estimate of drug-likeness (QED) is 0.812. The lowest BCUT2D eigenvalue weighted by molar-refractivity contribution is -0.161. The Kier molecular flexibility index (Phi) is 4.72. The molecule has 0 radical (unpaired) electrons. The number of ether oxygens (including phenoxy) is 1. The maximum Gasteiger partial charge on any atom is 0.249 e. The highest BCUT2D eigenvalue weighted by atomic mass is 16.5. The summed E-state index contributed by atoms with van der Waals surface area (Å²) in [5.41, 5.74) is 1.04.